The summed E-state index contributed by atoms with van der Waals surface area (Å²) in [6.07, 6.45) is -1.92. The quantitative estimate of drug-likeness (QED) is 0.222. The molecule has 2 amide bonds. The molecule has 6 rings (SSSR count). The van der Waals surface area contributed by atoms with Crippen LogP contribution in [-0.4, -0.2) is 52.3 Å². The summed E-state index contributed by atoms with van der Waals surface area (Å²) in [7, 11) is 0. The smallest absolute Gasteiger partial charge is 0.424 e. The number of aliphatic hydroxyl groups is 1. The van der Waals surface area contributed by atoms with Crippen LogP contribution in [0.25, 0.3) is 21.7 Å². The summed E-state index contributed by atoms with van der Waals surface area (Å²) >= 11 is 1.30. The second-order valence-electron chi connectivity index (χ2n) is 11.2. The van der Waals surface area contributed by atoms with Crippen LogP contribution in [0.15, 0.2) is 60.2 Å². The van der Waals surface area contributed by atoms with Gasteiger partial charge in [0, 0.05) is 28.5 Å². The van der Waals surface area contributed by atoms with Crippen LogP contribution in [0.3, 0.4) is 0 Å². The molecule has 2 aromatic carbocycles. The SMILES string of the molecule is C[C@]1(C(N)=O)COc2c1cc([C@@](O)(CNC(=O)c1ccc(OC3CC3)c(-c3cncs3)c1)C(F)(F)F)nc2-c1ccc(F)cc1. The molecule has 4 N–H and O–H groups in total. The molecule has 0 bridgehead atoms. The minimum absolute atomic E-state index is 0.0229. The third-order valence-corrected chi connectivity index (χ3v) is 8.70. The second-order valence-corrected chi connectivity index (χ2v) is 12.0. The Balaban J connectivity index is 1.37. The molecule has 0 radical (unpaired) electrons. The van der Waals surface area contributed by atoms with E-state index in [4.69, 9.17) is 15.2 Å². The number of nitrogens with one attached hydrogen (secondary N) is 1. The lowest BCUT2D eigenvalue weighted by Gasteiger charge is -2.31. The number of carbonyl (C=O) groups is 2. The summed E-state index contributed by atoms with van der Waals surface area (Å²) < 4.78 is 69.5. The van der Waals surface area contributed by atoms with E-state index in [0.29, 0.717) is 16.2 Å². The van der Waals surface area contributed by atoms with Gasteiger partial charge in [0.2, 0.25) is 11.5 Å². The Kier molecular flexibility index (Phi) is 7.52. The van der Waals surface area contributed by atoms with Crippen LogP contribution < -0.4 is 20.5 Å². The van der Waals surface area contributed by atoms with E-state index >= 15 is 0 Å². The zero-order valence-electron chi connectivity index (χ0n) is 23.7. The number of benzene rings is 2. The maximum Gasteiger partial charge on any atom is 0.424 e. The van der Waals surface area contributed by atoms with Crippen molar-refractivity contribution in [3.63, 3.8) is 0 Å². The van der Waals surface area contributed by atoms with Gasteiger partial charge >= 0.3 is 6.18 Å². The lowest BCUT2D eigenvalue weighted by Crippen LogP contribution is -2.51. The fourth-order valence-electron chi connectivity index (χ4n) is 4.93. The number of carbonyl (C=O) groups excluding carboxylic acids is 2. The van der Waals surface area contributed by atoms with Crippen molar-refractivity contribution >= 4 is 23.2 Å². The summed E-state index contributed by atoms with van der Waals surface area (Å²) in [5, 5.41) is 13.5. The summed E-state index contributed by atoms with van der Waals surface area (Å²) in [5.74, 6) is -1.89. The van der Waals surface area contributed by atoms with E-state index in [0.717, 1.165) is 31.0 Å². The topological polar surface area (TPSA) is 137 Å². The van der Waals surface area contributed by atoms with E-state index < -0.39 is 47.1 Å². The molecular formula is C31H26F4N4O5S. The number of thiazole rings is 1. The average molecular weight is 643 g/mol. The molecule has 1 fully saturated rings. The van der Waals surface area contributed by atoms with Crippen molar-refractivity contribution in [2.75, 3.05) is 13.2 Å². The van der Waals surface area contributed by atoms with Crippen LogP contribution >= 0.6 is 11.3 Å². The number of pyridine rings is 1. The number of ether oxygens (including phenoxy) is 2. The normalized spacial score (nSPS) is 18.9. The zero-order chi connectivity index (χ0) is 32.1. The Hall–Kier alpha value is -4.56. The lowest BCUT2D eigenvalue weighted by molar-refractivity contribution is -0.265. The Morgan fingerprint density at radius 2 is 1.91 bits per heavy atom. The summed E-state index contributed by atoms with van der Waals surface area (Å²) in [4.78, 5) is 34.5. The van der Waals surface area contributed by atoms with E-state index in [1.165, 1.54) is 42.5 Å². The van der Waals surface area contributed by atoms with Crippen LogP contribution in [0.4, 0.5) is 17.6 Å². The number of rotatable bonds is 9. The van der Waals surface area contributed by atoms with Gasteiger partial charge in [-0.25, -0.2) is 9.37 Å². The van der Waals surface area contributed by atoms with E-state index in [2.05, 4.69) is 15.3 Å². The van der Waals surface area contributed by atoms with Gasteiger partial charge in [-0.2, -0.15) is 13.2 Å². The van der Waals surface area contributed by atoms with E-state index in [1.54, 1.807) is 17.8 Å². The number of alkyl halides is 3. The predicted octanol–water partition coefficient (Wildman–Crippen LogP) is 4.87. The molecule has 234 valence electrons. The number of hydrogen-bond donors (Lipinski definition) is 3. The van der Waals surface area contributed by atoms with Crippen molar-refractivity contribution in [1.29, 1.82) is 0 Å². The first-order valence-electron chi connectivity index (χ1n) is 13.8. The third-order valence-electron chi connectivity index (χ3n) is 7.89. The molecule has 9 nitrogen and oxygen atoms in total. The van der Waals surface area contributed by atoms with E-state index in [9.17, 15) is 32.3 Å². The summed E-state index contributed by atoms with van der Waals surface area (Å²) in [6, 6.07) is 10.1. The number of aromatic nitrogens is 2. The molecule has 0 spiro atoms. The van der Waals surface area contributed by atoms with E-state index in [-0.39, 0.29) is 40.8 Å². The standard InChI is InChI=1S/C31H26F4N4O5S/c1-29(28(36)41)14-43-26-21(29)11-24(39-25(26)16-2-5-18(32)6-3-16)30(42,31(33,34)35)13-38-27(40)17-4-9-22(44-19-7-8-19)20(10-17)23-12-37-15-45-23/h2-6,9-12,15,19,42H,7-8,13-14H2,1H3,(H2,36,41)(H,38,40)/t29-,30-/m0/s1. The van der Waals surface area contributed by atoms with Gasteiger partial charge < -0.3 is 25.6 Å². The first kappa shape index (κ1) is 30.5. The summed E-state index contributed by atoms with van der Waals surface area (Å²) in [6.45, 7) is -0.222. The number of nitrogens with zero attached hydrogens (tertiary/aromatic N) is 2. The molecule has 2 aliphatic rings. The molecule has 2 aromatic heterocycles. The van der Waals surface area contributed by atoms with Crippen molar-refractivity contribution in [1.82, 2.24) is 15.3 Å². The number of nitrogens with two attached hydrogens (primary N) is 1. The average Bonchev–Trinajstić information content (AvgIpc) is 3.51. The number of hydrogen-bond acceptors (Lipinski definition) is 8. The van der Waals surface area contributed by atoms with Gasteiger partial charge in [-0.3, -0.25) is 14.6 Å². The van der Waals surface area contributed by atoms with Gasteiger partial charge in [0.25, 0.3) is 5.91 Å². The first-order valence-corrected chi connectivity index (χ1v) is 14.7. The predicted molar refractivity (Wildman–Crippen MR) is 155 cm³/mol. The molecule has 14 heteroatoms. The number of primary amides is 1. The van der Waals surface area contributed by atoms with E-state index in [1.807, 2.05) is 0 Å². The van der Waals surface area contributed by atoms with Crippen LogP contribution in [0.1, 0.15) is 41.4 Å². The van der Waals surface area contributed by atoms with Crippen LogP contribution in [0, 0.1) is 5.82 Å². The van der Waals surface area contributed by atoms with Gasteiger partial charge in [0.05, 0.1) is 28.7 Å². The number of halogens is 4. The van der Waals surface area contributed by atoms with Gasteiger partial charge in [-0.05, 0) is 68.3 Å². The van der Waals surface area contributed by atoms with Gasteiger partial charge in [-0.1, -0.05) is 0 Å². The maximum absolute atomic E-state index is 14.7. The molecule has 1 aliphatic heterocycles. The minimum atomic E-state index is -5.35. The molecule has 1 saturated carbocycles. The molecule has 4 aromatic rings. The third kappa shape index (κ3) is 5.59. The fraction of sp³-hybridized carbons (Fsp3) is 0.290. The van der Waals surface area contributed by atoms with Crippen LogP contribution in [0.5, 0.6) is 11.5 Å². The van der Waals surface area contributed by atoms with Crippen LogP contribution in [0.2, 0.25) is 0 Å². The Morgan fingerprint density at radius 3 is 2.53 bits per heavy atom. The van der Waals surface area contributed by atoms with Crippen molar-refractivity contribution in [2.24, 2.45) is 5.73 Å². The highest BCUT2D eigenvalue weighted by atomic mass is 32.1. The monoisotopic (exact) mass is 642 g/mol. The molecule has 45 heavy (non-hydrogen) atoms. The van der Waals surface area contributed by atoms with Gasteiger partial charge in [0.1, 0.15) is 35.0 Å². The van der Waals surface area contributed by atoms with Crippen molar-refractivity contribution < 1.29 is 41.7 Å². The highest BCUT2D eigenvalue weighted by Crippen LogP contribution is 2.48. The van der Waals surface area contributed by atoms with Crippen molar-refractivity contribution in [3.05, 3.63) is 82.9 Å². The fourth-order valence-corrected chi connectivity index (χ4v) is 5.57. The maximum atomic E-state index is 14.7. The van der Waals surface area contributed by atoms with Gasteiger partial charge in [-0.15, -0.1) is 11.3 Å². The molecule has 0 saturated heterocycles. The van der Waals surface area contributed by atoms with Crippen molar-refractivity contribution in [2.45, 2.75) is 43.1 Å². The second kappa shape index (κ2) is 11.1. The highest BCUT2D eigenvalue weighted by Gasteiger charge is 2.57. The largest absolute Gasteiger partial charge is 0.490 e. The molecule has 3 heterocycles. The van der Waals surface area contributed by atoms with Crippen LogP contribution in [-0.2, 0) is 15.8 Å². The first-order chi connectivity index (χ1) is 21.3. The lowest BCUT2D eigenvalue weighted by atomic mass is 9.81. The van der Waals surface area contributed by atoms with Gasteiger partial charge in [0.15, 0.2) is 0 Å². The number of amides is 2. The minimum Gasteiger partial charge on any atom is -0.490 e. The van der Waals surface area contributed by atoms with Crippen molar-refractivity contribution in [3.8, 4) is 33.2 Å². The molecule has 0 unspecified atom stereocenters. The zero-order valence-corrected chi connectivity index (χ0v) is 24.5. The Bertz CT molecular complexity index is 1780. The molecular weight excluding hydrogens is 616 g/mol. The Morgan fingerprint density at radius 1 is 1.18 bits per heavy atom. The molecule has 2 atom stereocenters. The Labute approximate surface area is 258 Å². The molecule has 1 aliphatic carbocycles. The highest BCUT2D eigenvalue weighted by molar-refractivity contribution is 7.13. The number of fused-ring (bicyclic) bond motifs is 1. The summed E-state index contributed by atoms with van der Waals surface area (Å²) in [5.41, 5.74) is 1.56.